The summed E-state index contributed by atoms with van der Waals surface area (Å²) in [5.74, 6) is 0.169. The van der Waals surface area contributed by atoms with Crippen LogP contribution in [0.1, 0.15) is 34.6 Å². The average molecular weight is 465 g/mol. The maximum absolute atomic E-state index is 12.7. The molecule has 0 fully saturated rings. The molecule has 0 aliphatic heterocycles. The van der Waals surface area contributed by atoms with Gasteiger partial charge in [-0.3, -0.25) is 9.59 Å². The van der Waals surface area contributed by atoms with E-state index in [1.54, 1.807) is 86.6 Å². The lowest BCUT2D eigenvalue weighted by Gasteiger charge is -2.14. The lowest BCUT2D eigenvalue weighted by Crippen LogP contribution is -2.17. The summed E-state index contributed by atoms with van der Waals surface area (Å²) in [7, 11) is 0. The van der Waals surface area contributed by atoms with Crippen LogP contribution in [-0.2, 0) is 0 Å². The Morgan fingerprint density at radius 2 is 1.03 bits per heavy atom. The minimum Gasteiger partial charge on any atom is -0.489 e. The van der Waals surface area contributed by atoms with Gasteiger partial charge in [0.05, 0.1) is 23.6 Å². The fourth-order valence-electron chi connectivity index (χ4n) is 2.97. The van der Waals surface area contributed by atoms with Crippen LogP contribution in [0.2, 0.25) is 0 Å². The van der Waals surface area contributed by atoms with Crippen LogP contribution >= 0.6 is 0 Å². The molecule has 2 unspecified atom stereocenters. The van der Waals surface area contributed by atoms with Crippen molar-refractivity contribution >= 4 is 23.2 Å². The number of aliphatic hydroxyl groups is 2. The van der Waals surface area contributed by atoms with Gasteiger partial charge in [0.2, 0.25) is 0 Å². The number of para-hydroxylation sites is 4. The number of hydrogen-bond donors (Lipinski definition) is 4. The highest BCUT2D eigenvalue weighted by molar-refractivity contribution is 6.07. The third kappa shape index (κ3) is 7.06. The van der Waals surface area contributed by atoms with Gasteiger partial charge in [0, 0.05) is 11.1 Å². The van der Waals surface area contributed by atoms with Crippen molar-refractivity contribution in [1.82, 2.24) is 0 Å². The van der Waals surface area contributed by atoms with E-state index in [2.05, 4.69) is 10.6 Å². The fourth-order valence-corrected chi connectivity index (χ4v) is 2.97. The summed E-state index contributed by atoms with van der Waals surface area (Å²) in [4.78, 5) is 25.4. The molecule has 2 atom stereocenters. The summed E-state index contributed by atoms with van der Waals surface area (Å²) in [5.41, 5.74) is 1.68. The Kier molecular flexibility index (Phi) is 8.61. The number of aliphatic hydroxyl groups excluding tert-OH is 2. The number of amides is 2. The van der Waals surface area contributed by atoms with Crippen molar-refractivity contribution in [3.05, 3.63) is 83.9 Å². The zero-order chi connectivity index (χ0) is 24.5. The first kappa shape index (κ1) is 24.8. The molecule has 8 nitrogen and oxygen atoms in total. The maximum Gasteiger partial charge on any atom is 0.255 e. The highest BCUT2D eigenvalue weighted by Gasteiger charge is 2.14. The van der Waals surface area contributed by atoms with E-state index in [-0.39, 0.29) is 25.0 Å². The topological polar surface area (TPSA) is 117 Å². The minimum absolute atomic E-state index is 0.101. The van der Waals surface area contributed by atoms with Crippen molar-refractivity contribution in [2.24, 2.45) is 0 Å². The molecule has 0 spiro atoms. The Balaban J connectivity index is 1.66. The first-order chi connectivity index (χ1) is 16.3. The summed E-state index contributed by atoms with van der Waals surface area (Å²) >= 11 is 0. The Morgan fingerprint density at radius 1 is 0.676 bits per heavy atom. The van der Waals surface area contributed by atoms with Gasteiger partial charge >= 0.3 is 0 Å². The zero-order valence-electron chi connectivity index (χ0n) is 19.0. The van der Waals surface area contributed by atoms with Gasteiger partial charge in [0.1, 0.15) is 24.7 Å². The number of anilines is 2. The van der Waals surface area contributed by atoms with Crippen LogP contribution in [0.15, 0.2) is 72.8 Å². The van der Waals surface area contributed by atoms with E-state index in [4.69, 9.17) is 9.47 Å². The number of benzene rings is 3. The van der Waals surface area contributed by atoms with Gasteiger partial charge in [0.25, 0.3) is 11.8 Å². The summed E-state index contributed by atoms with van der Waals surface area (Å²) in [6.07, 6.45) is -1.28. The molecule has 0 heterocycles. The molecule has 0 aliphatic rings. The molecule has 4 N–H and O–H groups in total. The lowest BCUT2D eigenvalue weighted by molar-refractivity contribution is 0.101. The zero-order valence-corrected chi connectivity index (χ0v) is 19.0. The minimum atomic E-state index is -0.640. The van der Waals surface area contributed by atoms with Gasteiger partial charge in [-0.1, -0.05) is 24.3 Å². The van der Waals surface area contributed by atoms with Crippen molar-refractivity contribution in [2.75, 3.05) is 23.8 Å². The van der Waals surface area contributed by atoms with E-state index < -0.39 is 12.2 Å². The van der Waals surface area contributed by atoms with Crippen molar-refractivity contribution < 1.29 is 29.3 Å². The van der Waals surface area contributed by atoms with Gasteiger partial charge in [-0.25, -0.2) is 0 Å². The van der Waals surface area contributed by atoms with Crippen LogP contribution in [0.4, 0.5) is 11.4 Å². The molecule has 0 radical (unpaired) electrons. The van der Waals surface area contributed by atoms with Crippen LogP contribution in [-0.4, -0.2) is 47.4 Å². The molecule has 3 rings (SSSR count). The van der Waals surface area contributed by atoms with Gasteiger partial charge < -0.3 is 30.3 Å². The predicted molar refractivity (Wildman–Crippen MR) is 130 cm³/mol. The van der Waals surface area contributed by atoms with Crippen LogP contribution < -0.4 is 20.1 Å². The summed E-state index contributed by atoms with van der Waals surface area (Å²) < 4.78 is 11.1. The van der Waals surface area contributed by atoms with Crippen LogP contribution in [0.5, 0.6) is 11.5 Å². The van der Waals surface area contributed by atoms with E-state index in [1.165, 1.54) is 0 Å². The molecule has 3 aromatic rings. The van der Waals surface area contributed by atoms with Crippen molar-refractivity contribution in [3.8, 4) is 11.5 Å². The van der Waals surface area contributed by atoms with Gasteiger partial charge in [-0.15, -0.1) is 0 Å². The van der Waals surface area contributed by atoms with E-state index in [1.807, 2.05) is 0 Å². The van der Waals surface area contributed by atoms with Gasteiger partial charge in [0.15, 0.2) is 0 Å². The van der Waals surface area contributed by atoms with Crippen LogP contribution in [0.25, 0.3) is 0 Å². The second-order valence-electron chi connectivity index (χ2n) is 7.80. The molecule has 8 heteroatoms. The van der Waals surface area contributed by atoms with Gasteiger partial charge in [-0.05, 0) is 62.4 Å². The molecule has 34 heavy (non-hydrogen) atoms. The van der Waals surface area contributed by atoms with E-state index in [9.17, 15) is 19.8 Å². The fraction of sp³-hybridized carbons (Fsp3) is 0.231. The summed E-state index contributed by atoms with van der Waals surface area (Å²) in [6.45, 7) is 3.42. The molecule has 0 aliphatic carbocycles. The first-order valence-electron chi connectivity index (χ1n) is 10.9. The number of hydrogen-bond acceptors (Lipinski definition) is 6. The van der Waals surface area contributed by atoms with E-state index in [0.29, 0.717) is 34.0 Å². The van der Waals surface area contributed by atoms with Crippen molar-refractivity contribution in [3.63, 3.8) is 0 Å². The highest BCUT2D eigenvalue weighted by Crippen LogP contribution is 2.26. The van der Waals surface area contributed by atoms with Crippen LogP contribution in [0.3, 0.4) is 0 Å². The lowest BCUT2D eigenvalue weighted by atomic mass is 10.1. The Labute approximate surface area is 198 Å². The monoisotopic (exact) mass is 464 g/mol. The summed E-state index contributed by atoms with van der Waals surface area (Å²) in [6, 6.07) is 20.1. The largest absolute Gasteiger partial charge is 0.489 e. The Bertz CT molecular complexity index is 1020. The maximum atomic E-state index is 12.7. The molecule has 178 valence electrons. The van der Waals surface area contributed by atoms with E-state index in [0.717, 1.165) is 0 Å². The van der Waals surface area contributed by atoms with Gasteiger partial charge in [-0.2, -0.15) is 0 Å². The van der Waals surface area contributed by atoms with Crippen LogP contribution in [0, 0.1) is 0 Å². The SMILES string of the molecule is CC(O)COc1ccccc1NC(=O)c1ccc(C(=O)Nc2ccccc2OCC(C)O)cc1. The Morgan fingerprint density at radius 3 is 1.38 bits per heavy atom. The molecular weight excluding hydrogens is 436 g/mol. The number of nitrogens with one attached hydrogen (secondary N) is 2. The number of rotatable bonds is 10. The number of ether oxygens (including phenoxy) is 2. The molecule has 3 aromatic carbocycles. The van der Waals surface area contributed by atoms with Crippen molar-refractivity contribution in [2.45, 2.75) is 26.1 Å². The standard InChI is InChI=1S/C26H28N2O6/c1-17(29)15-33-23-9-5-3-7-21(23)27-25(31)19-11-13-20(14-12-19)26(32)28-22-8-4-6-10-24(22)34-16-18(2)30/h3-14,17-18,29-30H,15-16H2,1-2H3,(H,27,31)(H,28,32). The predicted octanol–water partition coefficient (Wildman–Crippen LogP) is 3.71. The quantitative estimate of drug-likeness (QED) is 0.363. The average Bonchev–Trinajstić information content (AvgIpc) is 2.83. The smallest absolute Gasteiger partial charge is 0.255 e. The third-order valence-corrected chi connectivity index (χ3v) is 4.64. The molecule has 0 saturated carbocycles. The second kappa shape index (κ2) is 11.8. The van der Waals surface area contributed by atoms with Crippen molar-refractivity contribution in [1.29, 1.82) is 0 Å². The molecule has 0 saturated heterocycles. The summed E-state index contributed by atoms with van der Waals surface area (Å²) in [5, 5.41) is 24.4. The Hall–Kier alpha value is -3.88. The second-order valence-corrected chi connectivity index (χ2v) is 7.80. The third-order valence-electron chi connectivity index (χ3n) is 4.64. The molecule has 2 amide bonds. The molecule has 0 aromatic heterocycles. The van der Waals surface area contributed by atoms with E-state index >= 15 is 0 Å². The number of carbonyl (C=O) groups excluding carboxylic acids is 2. The highest BCUT2D eigenvalue weighted by atomic mass is 16.5. The molecular formula is C26H28N2O6. The first-order valence-corrected chi connectivity index (χ1v) is 10.9. The molecule has 0 bridgehead atoms. The number of carbonyl (C=O) groups is 2. The normalized spacial score (nSPS) is 12.4.